The summed E-state index contributed by atoms with van der Waals surface area (Å²) in [7, 11) is 0. The fraction of sp³-hybridized carbons (Fsp3) is 0.433. The molecular weight excluding hydrogens is 452 g/mol. The van der Waals surface area contributed by atoms with E-state index >= 15 is 0 Å². The molecule has 6 rings (SSSR count). The van der Waals surface area contributed by atoms with Gasteiger partial charge in [-0.15, -0.1) is 0 Å². The van der Waals surface area contributed by atoms with Crippen LogP contribution in [-0.4, -0.2) is 62.9 Å². The van der Waals surface area contributed by atoms with Crippen LogP contribution in [0, 0.1) is 17.8 Å². The molecule has 3 aliphatic heterocycles. The molecule has 1 N–H and O–H groups in total. The van der Waals surface area contributed by atoms with Crippen molar-refractivity contribution in [2.45, 2.75) is 18.9 Å². The zero-order valence-corrected chi connectivity index (χ0v) is 20.8. The minimum Gasteiger partial charge on any atom is -0.486 e. The number of allylic oxidation sites excluding steroid dienone is 3. The van der Waals surface area contributed by atoms with Gasteiger partial charge < -0.3 is 24.4 Å². The zero-order chi connectivity index (χ0) is 24.5. The second kappa shape index (κ2) is 10.1. The monoisotopic (exact) mass is 486 g/mol. The summed E-state index contributed by atoms with van der Waals surface area (Å²) in [6.45, 7) is 6.69. The minimum absolute atomic E-state index is 0.0664. The number of benzene rings is 2. The van der Waals surface area contributed by atoms with Crippen LogP contribution in [0.4, 0.5) is 0 Å². The predicted molar refractivity (Wildman–Crippen MR) is 139 cm³/mol. The maximum atomic E-state index is 14.1. The molecule has 1 amide bonds. The number of fused-ring (bicyclic) bond motifs is 1. The lowest BCUT2D eigenvalue weighted by Gasteiger charge is -2.43. The summed E-state index contributed by atoms with van der Waals surface area (Å²) >= 11 is 0. The van der Waals surface area contributed by atoms with E-state index in [4.69, 9.17) is 14.2 Å². The van der Waals surface area contributed by atoms with Gasteiger partial charge in [0, 0.05) is 31.5 Å². The molecule has 188 valence electrons. The van der Waals surface area contributed by atoms with Crippen molar-refractivity contribution >= 4 is 5.91 Å². The molecular formula is C30H34N2O4. The Bertz CT molecular complexity index is 1180. The van der Waals surface area contributed by atoms with Crippen molar-refractivity contribution in [3.63, 3.8) is 0 Å². The molecule has 0 bridgehead atoms. The molecule has 2 unspecified atom stereocenters. The highest BCUT2D eigenvalue weighted by Crippen LogP contribution is 2.40. The summed E-state index contributed by atoms with van der Waals surface area (Å²) < 4.78 is 17.4. The molecule has 0 saturated carbocycles. The molecule has 1 aliphatic carbocycles. The normalized spacial score (nSPS) is 29.4. The highest BCUT2D eigenvalue weighted by Gasteiger charge is 2.42. The van der Waals surface area contributed by atoms with Gasteiger partial charge >= 0.3 is 0 Å². The quantitative estimate of drug-likeness (QED) is 0.707. The minimum atomic E-state index is -0.109. The number of hydrogen-bond acceptors (Lipinski definition) is 5. The number of amides is 1. The van der Waals surface area contributed by atoms with Gasteiger partial charge in [0.05, 0.1) is 25.2 Å². The van der Waals surface area contributed by atoms with E-state index in [-0.39, 0.29) is 29.7 Å². The van der Waals surface area contributed by atoms with Crippen LogP contribution in [0.25, 0.3) is 11.1 Å². The van der Waals surface area contributed by atoms with Gasteiger partial charge in [0.25, 0.3) is 0 Å². The molecule has 0 radical (unpaired) electrons. The molecule has 2 fully saturated rings. The van der Waals surface area contributed by atoms with Gasteiger partial charge in [0.2, 0.25) is 5.91 Å². The fourth-order valence-corrected chi connectivity index (χ4v) is 6.20. The average Bonchev–Trinajstić information content (AvgIpc) is 3.43. The summed E-state index contributed by atoms with van der Waals surface area (Å²) in [6, 6.07) is 14.7. The van der Waals surface area contributed by atoms with Crippen molar-refractivity contribution in [2.75, 3.05) is 46.1 Å². The average molecular weight is 487 g/mol. The van der Waals surface area contributed by atoms with E-state index in [2.05, 4.69) is 77.8 Å². The summed E-state index contributed by atoms with van der Waals surface area (Å²) in [5, 5.41) is 3.52. The maximum Gasteiger partial charge on any atom is 0.228 e. The highest BCUT2D eigenvalue weighted by molar-refractivity contribution is 5.82. The van der Waals surface area contributed by atoms with Crippen molar-refractivity contribution in [1.82, 2.24) is 10.2 Å². The molecule has 4 aliphatic rings. The van der Waals surface area contributed by atoms with Gasteiger partial charge in [-0.25, -0.2) is 0 Å². The number of carbonyl (C=O) groups is 1. The number of carbonyl (C=O) groups excluding carboxylic acids is 1. The molecule has 0 spiro atoms. The van der Waals surface area contributed by atoms with Crippen LogP contribution in [0.2, 0.25) is 0 Å². The third-order valence-corrected chi connectivity index (χ3v) is 8.10. The van der Waals surface area contributed by atoms with Crippen LogP contribution in [0.3, 0.4) is 0 Å². The number of ether oxygens (including phenoxy) is 3. The standard InChI is InChI=1S/C30H34N2O4/c1-20-6-2-3-7-22(20)27-19-34-13-12-32(27)30(33)26-18-31-17-25(26)24-9-5-4-8-23(24)21-10-11-28-29(16-21)36-15-14-35-28/h2-11,16,20,22,25-27,31H,12-15,17-19H2,1H3/t20?,22?,25-,26+,27+/m0/s1. The molecule has 2 saturated heterocycles. The van der Waals surface area contributed by atoms with Crippen molar-refractivity contribution in [1.29, 1.82) is 0 Å². The Morgan fingerprint density at radius 3 is 2.69 bits per heavy atom. The van der Waals surface area contributed by atoms with Crippen molar-refractivity contribution in [3.05, 3.63) is 72.3 Å². The molecule has 0 aromatic heterocycles. The molecule has 5 atom stereocenters. The first-order valence-corrected chi connectivity index (χ1v) is 13.1. The summed E-state index contributed by atoms with van der Waals surface area (Å²) in [4.78, 5) is 16.3. The van der Waals surface area contributed by atoms with Crippen LogP contribution in [0.1, 0.15) is 18.4 Å². The Labute approximate surface area is 212 Å². The number of morpholine rings is 1. The lowest BCUT2D eigenvalue weighted by atomic mass is 9.81. The predicted octanol–water partition coefficient (Wildman–Crippen LogP) is 4.03. The summed E-state index contributed by atoms with van der Waals surface area (Å²) in [5.74, 6) is 2.46. The van der Waals surface area contributed by atoms with E-state index in [9.17, 15) is 4.79 Å². The largest absolute Gasteiger partial charge is 0.486 e. The smallest absolute Gasteiger partial charge is 0.228 e. The van der Waals surface area contributed by atoms with E-state index in [1.807, 2.05) is 6.07 Å². The van der Waals surface area contributed by atoms with E-state index in [0.29, 0.717) is 45.4 Å². The first kappa shape index (κ1) is 23.3. The number of hydrogen-bond donors (Lipinski definition) is 1. The first-order chi connectivity index (χ1) is 17.7. The zero-order valence-electron chi connectivity index (χ0n) is 20.8. The van der Waals surface area contributed by atoms with E-state index in [0.717, 1.165) is 29.2 Å². The van der Waals surface area contributed by atoms with Gasteiger partial charge in [-0.1, -0.05) is 61.6 Å². The Hall–Kier alpha value is -3.09. The lowest BCUT2D eigenvalue weighted by molar-refractivity contribution is -0.146. The van der Waals surface area contributed by atoms with Crippen LogP contribution >= 0.6 is 0 Å². The topological polar surface area (TPSA) is 60.0 Å². The van der Waals surface area contributed by atoms with Gasteiger partial charge in [-0.3, -0.25) is 4.79 Å². The Morgan fingerprint density at radius 2 is 1.81 bits per heavy atom. The highest BCUT2D eigenvalue weighted by atomic mass is 16.6. The third kappa shape index (κ3) is 4.33. The van der Waals surface area contributed by atoms with E-state index < -0.39 is 0 Å². The number of nitrogens with zero attached hydrogens (tertiary/aromatic N) is 1. The Kier molecular flexibility index (Phi) is 6.55. The molecule has 3 heterocycles. The summed E-state index contributed by atoms with van der Waals surface area (Å²) in [6.07, 6.45) is 8.67. The molecule has 6 heteroatoms. The fourth-order valence-electron chi connectivity index (χ4n) is 6.20. The number of rotatable bonds is 4. The third-order valence-electron chi connectivity index (χ3n) is 8.10. The summed E-state index contributed by atoms with van der Waals surface area (Å²) in [5.41, 5.74) is 3.44. The SMILES string of the molecule is CC1C=CC=CC1[C@H]1COCCN1C(=O)[C@@H]1CNC[C@H]1c1ccccc1-c1ccc2c(c1)OCCO2. The van der Waals surface area contributed by atoms with Crippen LogP contribution in [0.15, 0.2) is 66.8 Å². The maximum absolute atomic E-state index is 14.1. The van der Waals surface area contributed by atoms with Gasteiger partial charge in [-0.05, 0) is 34.7 Å². The van der Waals surface area contributed by atoms with Gasteiger partial charge in [0.15, 0.2) is 11.5 Å². The first-order valence-electron chi connectivity index (χ1n) is 13.1. The van der Waals surface area contributed by atoms with Crippen molar-refractivity contribution in [2.24, 2.45) is 17.8 Å². The van der Waals surface area contributed by atoms with E-state index in [1.165, 1.54) is 5.56 Å². The van der Waals surface area contributed by atoms with Gasteiger partial charge in [0.1, 0.15) is 13.2 Å². The van der Waals surface area contributed by atoms with Gasteiger partial charge in [-0.2, -0.15) is 0 Å². The second-order valence-corrected chi connectivity index (χ2v) is 10.2. The van der Waals surface area contributed by atoms with Crippen molar-refractivity contribution in [3.8, 4) is 22.6 Å². The van der Waals surface area contributed by atoms with E-state index in [1.54, 1.807) is 0 Å². The molecule has 36 heavy (non-hydrogen) atoms. The lowest BCUT2D eigenvalue weighted by Crippen LogP contribution is -2.55. The Balaban J connectivity index is 1.29. The van der Waals surface area contributed by atoms with Crippen molar-refractivity contribution < 1.29 is 19.0 Å². The van der Waals surface area contributed by atoms with Crippen LogP contribution < -0.4 is 14.8 Å². The number of nitrogens with one attached hydrogen (secondary N) is 1. The molecule has 2 aromatic carbocycles. The van der Waals surface area contributed by atoms with Crippen LogP contribution in [0.5, 0.6) is 11.5 Å². The second-order valence-electron chi connectivity index (χ2n) is 10.2. The molecule has 6 nitrogen and oxygen atoms in total. The molecule has 2 aromatic rings. The Morgan fingerprint density at radius 1 is 0.972 bits per heavy atom. The van der Waals surface area contributed by atoms with Crippen LogP contribution in [-0.2, 0) is 9.53 Å².